The smallest absolute Gasteiger partial charge is 0.221 e. The number of halogens is 2. The van der Waals surface area contributed by atoms with E-state index in [9.17, 15) is 13.4 Å². The van der Waals surface area contributed by atoms with Crippen LogP contribution >= 0.6 is 0 Å². The van der Waals surface area contributed by atoms with E-state index in [1.165, 1.54) is 18.3 Å². The van der Waals surface area contributed by atoms with Gasteiger partial charge in [0.05, 0.1) is 27.9 Å². The number of benzene rings is 2. The molecule has 0 saturated carbocycles. The van der Waals surface area contributed by atoms with Crippen LogP contribution in [-0.4, -0.2) is 26.3 Å². The normalized spacial score (nSPS) is 13.7. The zero-order chi connectivity index (χ0) is 24.3. The molecule has 0 amide bonds. The van der Waals surface area contributed by atoms with Crippen LogP contribution in [0.4, 0.5) is 8.78 Å². The van der Waals surface area contributed by atoms with E-state index >= 15 is 4.39 Å². The van der Waals surface area contributed by atoms with Gasteiger partial charge in [-0.25, -0.2) is 22.7 Å². The van der Waals surface area contributed by atoms with E-state index in [-0.39, 0.29) is 11.1 Å². The number of rotatable bonds is 8. The molecule has 1 N–H and O–H groups in total. The Morgan fingerprint density at radius 2 is 1.85 bits per heavy atom. The molecule has 2 aromatic carbocycles. The van der Waals surface area contributed by atoms with E-state index < -0.39 is 44.8 Å². The maximum Gasteiger partial charge on any atom is 0.221 e. The van der Waals surface area contributed by atoms with Gasteiger partial charge in [0.2, 0.25) is 5.88 Å². The van der Waals surface area contributed by atoms with Crippen LogP contribution in [0.3, 0.4) is 0 Å². The number of aromatic nitrogens is 1. The first-order valence-corrected chi connectivity index (χ1v) is 12.0. The van der Waals surface area contributed by atoms with Crippen molar-refractivity contribution in [3.05, 3.63) is 70.9 Å². The number of carbonyl (C=O) groups is 1. The second kappa shape index (κ2) is 10.1. The second-order valence-corrected chi connectivity index (χ2v) is 10.6. The van der Waals surface area contributed by atoms with Gasteiger partial charge >= 0.3 is 0 Å². The summed E-state index contributed by atoms with van der Waals surface area (Å²) >= 11 is 0. The number of nitrogens with zero attached hydrogens (tertiary/aromatic N) is 1. The lowest BCUT2D eigenvalue weighted by atomic mass is 9.94. The summed E-state index contributed by atoms with van der Waals surface area (Å²) in [5.74, 6) is -2.34. The van der Waals surface area contributed by atoms with E-state index in [2.05, 4.69) is 9.71 Å². The van der Waals surface area contributed by atoms with Crippen molar-refractivity contribution >= 4 is 27.5 Å². The first-order valence-electron chi connectivity index (χ1n) is 10.8. The summed E-state index contributed by atoms with van der Waals surface area (Å²) in [4.78, 5) is 17.6. The van der Waals surface area contributed by atoms with Crippen LogP contribution in [0.15, 0.2) is 42.6 Å². The van der Waals surface area contributed by atoms with Crippen LogP contribution in [0.1, 0.15) is 68.6 Å². The van der Waals surface area contributed by atoms with Gasteiger partial charge in [0.15, 0.2) is 5.78 Å². The molecular weight excluding hydrogens is 446 g/mol. The molecule has 0 aliphatic carbocycles. The van der Waals surface area contributed by atoms with E-state index in [4.69, 9.17) is 4.74 Å². The van der Waals surface area contributed by atoms with E-state index in [1.807, 2.05) is 6.92 Å². The van der Waals surface area contributed by atoms with Gasteiger partial charge < -0.3 is 4.74 Å². The van der Waals surface area contributed by atoms with Crippen molar-refractivity contribution in [2.24, 2.45) is 0 Å². The van der Waals surface area contributed by atoms with Gasteiger partial charge in [-0.2, -0.15) is 0 Å². The molecule has 5 nitrogen and oxygen atoms in total. The van der Waals surface area contributed by atoms with Crippen molar-refractivity contribution in [3.63, 3.8) is 0 Å². The Labute approximate surface area is 195 Å². The van der Waals surface area contributed by atoms with Crippen LogP contribution < -0.4 is 9.46 Å². The molecule has 0 aliphatic rings. The quantitative estimate of drug-likeness (QED) is 0.429. The first kappa shape index (κ1) is 24.9. The minimum atomic E-state index is -1.47. The van der Waals surface area contributed by atoms with Crippen molar-refractivity contribution in [2.75, 3.05) is 6.61 Å². The Morgan fingerprint density at radius 1 is 1.12 bits per heavy atom. The SMILES string of the molecule is CCOc1nccc2c(C(=O)c3c(F)ccc(C(CC)NS(=O)C(C)(C)C)c3F)cccc12. The third-order valence-corrected chi connectivity index (χ3v) is 6.84. The molecule has 0 bridgehead atoms. The fourth-order valence-corrected chi connectivity index (χ4v) is 4.39. The number of ether oxygens (including phenoxy) is 1. The third-order valence-electron chi connectivity index (χ3n) is 5.23. The van der Waals surface area contributed by atoms with Gasteiger partial charge in [-0.1, -0.05) is 25.1 Å². The molecule has 1 aromatic heterocycles. The molecule has 0 aliphatic heterocycles. The van der Waals surface area contributed by atoms with Gasteiger partial charge in [0.1, 0.15) is 11.6 Å². The topological polar surface area (TPSA) is 68.3 Å². The predicted octanol–water partition coefficient (Wildman–Crippen LogP) is 5.65. The highest BCUT2D eigenvalue weighted by molar-refractivity contribution is 7.84. The lowest BCUT2D eigenvalue weighted by Gasteiger charge is -2.24. The van der Waals surface area contributed by atoms with Crippen molar-refractivity contribution in [1.82, 2.24) is 9.71 Å². The molecule has 3 rings (SSSR count). The maximum atomic E-state index is 15.6. The highest BCUT2D eigenvalue weighted by Gasteiger charge is 2.29. The monoisotopic (exact) mass is 474 g/mol. The summed E-state index contributed by atoms with van der Waals surface area (Å²) in [6.07, 6.45) is 1.89. The van der Waals surface area contributed by atoms with Crippen LogP contribution in [0.2, 0.25) is 0 Å². The van der Waals surface area contributed by atoms with E-state index in [1.54, 1.807) is 45.9 Å². The first-order chi connectivity index (χ1) is 15.6. The molecule has 33 heavy (non-hydrogen) atoms. The number of fused-ring (bicyclic) bond motifs is 1. The molecule has 2 atom stereocenters. The third kappa shape index (κ3) is 5.12. The summed E-state index contributed by atoms with van der Waals surface area (Å²) in [7, 11) is -1.47. The second-order valence-electron chi connectivity index (χ2n) is 8.56. The molecule has 3 aromatic rings. The number of nitrogens with one attached hydrogen (secondary N) is 1. The zero-order valence-electron chi connectivity index (χ0n) is 19.4. The molecular formula is C25H28F2N2O3S. The maximum absolute atomic E-state index is 15.6. The molecule has 8 heteroatoms. The lowest BCUT2D eigenvalue weighted by Crippen LogP contribution is -2.36. The largest absolute Gasteiger partial charge is 0.478 e. The van der Waals surface area contributed by atoms with Gasteiger partial charge in [-0.3, -0.25) is 4.79 Å². The number of hydrogen-bond donors (Lipinski definition) is 1. The van der Waals surface area contributed by atoms with Gasteiger partial charge in [0.25, 0.3) is 0 Å². The molecule has 0 radical (unpaired) electrons. The fourth-order valence-electron chi connectivity index (χ4n) is 3.48. The minimum absolute atomic E-state index is 0.0942. The van der Waals surface area contributed by atoms with Crippen molar-refractivity contribution in [1.29, 1.82) is 0 Å². The van der Waals surface area contributed by atoms with Crippen LogP contribution in [0.25, 0.3) is 10.8 Å². The predicted molar refractivity (Wildman–Crippen MR) is 127 cm³/mol. The van der Waals surface area contributed by atoms with Gasteiger partial charge in [-0.15, -0.1) is 0 Å². The van der Waals surface area contributed by atoms with Crippen molar-refractivity contribution in [3.8, 4) is 5.88 Å². The van der Waals surface area contributed by atoms with Crippen LogP contribution in [0.5, 0.6) is 5.88 Å². The summed E-state index contributed by atoms with van der Waals surface area (Å²) in [6, 6.07) is 8.23. The molecule has 1 heterocycles. The van der Waals surface area contributed by atoms with Crippen molar-refractivity contribution in [2.45, 2.75) is 51.8 Å². The number of pyridine rings is 1. The number of carbonyl (C=O) groups excluding carboxylic acids is 1. The number of ketones is 1. The van der Waals surface area contributed by atoms with Crippen LogP contribution in [-0.2, 0) is 11.0 Å². The average Bonchev–Trinajstić information content (AvgIpc) is 2.77. The Hall–Kier alpha value is -2.71. The molecule has 2 unspecified atom stereocenters. The average molecular weight is 475 g/mol. The Balaban J connectivity index is 2.10. The van der Waals surface area contributed by atoms with E-state index in [0.717, 1.165) is 6.07 Å². The van der Waals surface area contributed by atoms with Crippen molar-refractivity contribution < 1.29 is 22.5 Å². The molecule has 0 fully saturated rings. The molecule has 0 spiro atoms. The molecule has 0 saturated heterocycles. The van der Waals surface area contributed by atoms with E-state index in [0.29, 0.717) is 29.7 Å². The molecule has 176 valence electrons. The lowest BCUT2D eigenvalue weighted by molar-refractivity contribution is 0.103. The highest BCUT2D eigenvalue weighted by atomic mass is 32.2. The summed E-state index contributed by atoms with van der Waals surface area (Å²) in [6.45, 7) is 9.39. The minimum Gasteiger partial charge on any atom is -0.478 e. The highest BCUT2D eigenvalue weighted by Crippen LogP contribution is 2.31. The Kier molecular flexibility index (Phi) is 7.59. The van der Waals surface area contributed by atoms with Gasteiger partial charge in [-0.05, 0) is 57.7 Å². The summed E-state index contributed by atoms with van der Waals surface area (Å²) in [5.41, 5.74) is -0.404. The Morgan fingerprint density at radius 3 is 2.48 bits per heavy atom. The fraction of sp³-hybridized carbons (Fsp3) is 0.360. The summed E-state index contributed by atoms with van der Waals surface area (Å²) < 4.78 is 50.9. The Bertz CT molecular complexity index is 1210. The standard InChI is InChI=1S/C25H28F2N2O3S/c1-6-20(29-33(31)25(3,4)5)18-11-12-19(26)21(22(18)27)23(30)16-9-8-10-17-15(16)13-14-28-24(17)32-7-2/h8-14,20,29H,6-7H2,1-5H3. The van der Waals surface area contributed by atoms with Crippen LogP contribution in [0, 0.1) is 11.6 Å². The van der Waals surface area contributed by atoms with Gasteiger partial charge in [0, 0.05) is 28.8 Å². The summed E-state index contributed by atoms with van der Waals surface area (Å²) in [5, 5.41) is 1.07. The number of hydrogen-bond acceptors (Lipinski definition) is 4. The zero-order valence-corrected chi connectivity index (χ0v) is 20.2.